The van der Waals surface area contributed by atoms with Gasteiger partial charge in [0.25, 0.3) is 5.91 Å². The Morgan fingerprint density at radius 1 is 1.10 bits per heavy atom. The van der Waals surface area contributed by atoms with Crippen LogP contribution in [0.5, 0.6) is 0 Å². The maximum absolute atomic E-state index is 13.9. The average Bonchev–Trinajstić information content (AvgIpc) is 3.59. The van der Waals surface area contributed by atoms with Crippen LogP contribution in [0.25, 0.3) is 16.6 Å². The van der Waals surface area contributed by atoms with Gasteiger partial charge in [-0.15, -0.1) is 0 Å². The molecule has 2 amide bonds. The second kappa shape index (κ2) is 10.7. The molecule has 0 saturated heterocycles. The van der Waals surface area contributed by atoms with Gasteiger partial charge in [-0.3, -0.25) is 19.6 Å². The molecule has 4 aromatic rings. The Bertz CT molecular complexity index is 1580. The first-order valence-electron chi connectivity index (χ1n) is 13.0. The molecule has 1 aliphatic carbocycles. The van der Waals surface area contributed by atoms with Crippen molar-refractivity contribution in [3.05, 3.63) is 95.2 Å². The summed E-state index contributed by atoms with van der Waals surface area (Å²) in [6, 6.07) is 15.1. The summed E-state index contributed by atoms with van der Waals surface area (Å²) in [5.41, 5.74) is 7.92. The van der Waals surface area contributed by atoms with E-state index in [0.29, 0.717) is 38.2 Å². The van der Waals surface area contributed by atoms with Crippen molar-refractivity contribution in [2.45, 2.75) is 25.4 Å². The molecular weight excluding hydrogens is 494 g/mol. The van der Waals surface area contributed by atoms with E-state index in [0.717, 1.165) is 23.1 Å². The summed E-state index contributed by atoms with van der Waals surface area (Å²) in [7, 11) is 1.59. The van der Waals surface area contributed by atoms with Crippen LogP contribution in [-0.2, 0) is 22.5 Å². The van der Waals surface area contributed by atoms with E-state index in [1.54, 1.807) is 30.5 Å². The number of benzene rings is 2. The normalized spacial score (nSPS) is 16.2. The number of anilines is 1. The Morgan fingerprint density at radius 2 is 1.95 bits per heavy atom. The molecule has 39 heavy (non-hydrogen) atoms. The third-order valence-electron chi connectivity index (χ3n) is 7.37. The number of nitrogens with one attached hydrogen (secondary N) is 2. The van der Waals surface area contributed by atoms with Crippen molar-refractivity contribution >= 4 is 34.1 Å². The zero-order chi connectivity index (χ0) is 26.8. The quantitative estimate of drug-likeness (QED) is 0.338. The first kappa shape index (κ1) is 24.8. The summed E-state index contributed by atoms with van der Waals surface area (Å²) in [5, 5.41) is 6.28. The Labute approximate surface area is 225 Å². The van der Waals surface area contributed by atoms with Crippen LogP contribution in [0.1, 0.15) is 33.7 Å². The number of ether oxygens (including phenoxy) is 1. The number of nitrogens with zero attached hydrogens (tertiary/aromatic N) is 3. The Kier molecular flexibility index (Phi) is 6.81. The molecule has 0 bridgehead atoms. The van der Waals surface area contributed by atoms with Gasteiger partial charge in [0.15, 0.2) is 5.76 Å². The molecule has 9 nitrogen and oxygen atoms in total. The van der Waals surface area contributed by atoms with Crippen LogP contribution in [0.4, 0.5) is 5.69 Å². The summed E-state index contributed by atoms with van der Waals surface area (Å²) >= 11 is 0. The number of carbonyl (C=O) groups excluding carboxylic acids is 2. The van der Waals surface area contributed by atoms with E-state index in [1.165, 1.54) is 28.5 Å². The summed E-state index contributed by atoms with van der Waals surface area (Å²) in [6.45, 7) is 1.53. The van der Waals surface area contributed by atoms with E-state index in [9.17, 15) is 9.59 Å². The Balaban J connectivity index is 1.24. The van der Waals surface area contributed by atoms with Gasteiger partial charge in [0.05, 0.1) is 23.9 Å². The summed E-state index contributed by atoms with van der Waals surface area (Å²) in [6.07, 6.45) is 6.08. The highest BCUT2D eigenvalue weighted by Gasteiger charge is 2.40. The van der Waals surface area contributed by atoms with Gasteiger partial charge in [0.2, 0.25) is 5.91 Å². The first-order valence-corrected chi connectivity index (χ1v) is 13.0. The molecule has 6 rings (SSSR count). The predicted octanol–water partition coefficient (Wildman–Crippen LogP) is 3.82. The van der Waals surface area contributed by atoms with Gasteiger partial charge in [0.1, 0.15) is 6.04 Å². The minimum atomic E-state index is -0.649. The number of fused-ring (bicyclic) bond motifs is 3. The molecule has 0 unspecified atom stereocenters. The lowest BCUT2D eigenvalue weighted by atomic mass is 9.92. The van der Waals surface area contributed by atoms with Crippen LogP contribution >= 0.6 is 0 Å². The molecule has 2 N–H and O–H groups in total. The molecule has 9 heteroatoms. The third kappa shape index (κ3) is 4.88. The molecule has 0 fully saturated rings. The van der Waals surface area contributed by atoms with Crippen molar-refractivity contribution in [1.29, 1.82) is 0 Å². The molecule has 0 saturated carbocycles. The number of rotatable bonds is 8. The number of hydrogen-bond acceptors (Lipinski definition) is 7. The maximum Gasteiger partial charge on any atom is 0.290 e. The van der Waals surface area contributed by atoms with E-state index in [-0.39, 0.29) is 17.6 Å². The Hall–Kier alpha value is -4.50. The molecule has 2 aromatic heterocycles. The van der Waals surface area contributed by atoms with Crippen LogP contribution in [0.15, 0.2) is 77.2 Å². The lowest BCUT2D eigenvalue weighted by Gasteiger charge is -2.35. The number of carbonyl (C=O) groups is 2. The number of amides is 2. The third-order valence-corrected chi connectivity index (χ3v) is 7.37. The molecule has 2 aromatic carbocycles. The number of hydrogen-bond donors (Lipinski definition) is 2. The van der Waals surface area contributed by atoms with Crippen molar-refractivity contribution in [2.75, 3.05) is 32.1 Å². The van der Waals surface area contributed by atoms with Crippen LogP contribution < -0.4 is 10.6 Å². The number of aromatic nitrogens is 2. The van der Waals surface area contributed by atoms with E-state index in [4.69, 9.17) is 9.15 Å². The second-order valence-corrected chi connectivity index (χ2v) is 9.74. The highest BCUT2D eigenvalue weighted by Crippen LogP contribution is 2.40. The lowest BCUT2D eigenvalue weighted by molar-refractivity contribution is -0.125. The lowest BCUT2D eigenvalue weighted by Crippen LogP contribution is -2.52. The zero-order valence-corrected chi connectivity index (χ0v) is 21.6. The Morgan fingerprint density at radius 3 is 2.82 bits per heavy atom. The molecule has 3 heterocycles. The summed E-state index contributed by atoms with van der Waals surface area (Å²) < 4.78 is 10.8. The van der Waals surface area contributed by atoms with Crippen molar-refractivity contribution in [1.82, 2.24) is 20.2 Å². The molecule has 1 atom stereocenters. The summed E-state index contributed by atoms with van der Waals surface area (Å²) in [5.74, 6) is -0.257. The smallest absolute Gasteiger partial charge is 0.290 e. The monoisotopic (exact) mass is 523 g/mol. The van der Waals surface area contributed by atoms with E-state index in [1.807, 2.05) is 30.3 Å². The largest absolute Gasteiger partial charge is 0.459 e. The first-order chi connectivity index (χ1) is 19.1. The molecular formula is C30H29N5O4. The van der Waals surface area contributed by atoms with Crippen molar-refractivity contribution in [2.24, 2.45) is 0 Å². The fraction of sp³-hybridized carbons (Fsp3) is 0.267. The van der Waals surface area contributed by atoms with Crippen LogP contribution in [0.3, 0.4) is 0 Å². The minimum Gasteiger partial charge on any atom is -0.459 e. The maximum atomic E-state index is 13.9. The molecule has 2 aliphatic rings. The average molecular weight is 524 g/mol. The SMILES string of the molecule is COCCNC(=O)[C@H]1CC2=C(Cc3ccccc32)CN1C(=O)c1occc1CNc1ccc2nccnc2c1. The van der Waals surface area contributed by atoms with Gasteiger partial charge in [-0.25, -0.2) is 0 Å². The van der Waals surface area contributed by atoms with Crippen molar-refractivity contribution in [3.8, 4) is 0 Å². The number of methoxy groups -OCH3 is 1. The van der Waals surface area contributed by atoms with E-state index < -0.39 is 6.04 Å². The molecule has 0 spiro atoms. The van der Waals surface area contributed by atoms with Gasteiger partial charge >= 0.3 is 0 Å². The fourth-order valence-electron chi connectivity index (χ4n) is 5.43. The standard InChI is InChI=1S/C30H29N5O4/c1-38-13-11-33-29(36)27-16-24-21(14-19-4-2-3-5-23(19)24)18-35(27)30(37)28-20(8-12-39-28)17-34-22-6-7-25-26(15-22)32-10-9-31-25/h2-10,12,15,27,34H,11,13-14,16-18H2,1H3,(H,33,36)/t27-/m1/s1. The predicted molar refractivity (Wildman–Crippen MR) is 147 cm³/mol. The fourth-order valence-corrected chi connectivity index (χ4v) is 5.43. The van der Waals surface area contributed by atoms with Crippen molar-refractivity contribution < 1.29 is 18.7 Å². The van der Waals surface area contributed by atoms with Gasteiger partial charge in [-0.2, -0.15) is 0 Å². The molecule has 1 aliphatic heterocycles. The van der Waals surface area contributed by atoms with E-state index >= 15 is 0 Å². The second-order valence-electron chi connectivity index (χ2n) is 9.74. The van der Waals surface area contributed by atoms with Crippen LogP contribution in [0.2, 0.25) is 0 Å². The molecule has 0 radical (unpaired) electrons. The topological polar surface area (TPSA) is 110 Å². The summed E-state index contributed by atoms with van der Waals surface area (Å²) in [4.78, 5) is 37.6. The minimum absolute atomic E-state index is 0.195. The van der Waals surface area contributed by atoms with Gasteiger partial charge in [-0.05, 0) is 53.0 Å². The molecule has 198 valence electrons. The van der Waals surface area contributed by atoms with Gasteiger partial charge < -0.3 is 24.7 Å². The zero-order valence-electron chi connectivity index (χ0n) is 21.6. The van der Waals surface area contributed by atoms with Gasteiger partial charge in [0, 0.05) is 56.8 Å². The van der Waals surface area contributed by atoms with Crippen LogP contribution in [-0.4, -0.2) is 59.5 Å². The van der Waals surface area contributed by atoms with Crippen LogP contribution in [0, 0.1) is 0 Å². The highest BCUT2D eigenvalue weighted by atomic mass is 16.5. The van der Waals surface area contributed by atoms with Gasteiger partial charge in [-0.1, -0.05) is 24.3 Å². The highest BCUT2D eigenvalue weighted by molar-refractivity contribution is 5.99. The van der Waals surface area contributed by atoms with Crippen molar-refractivity contribution in [3.63, 3.8) is 0 Å². The van der Waals surface area contributed by atoms with E-state index in [2.05, 4.69) is 32.7 Å². The number of furan rings is 1.